The number of nitrogens with two attached hydrogens (primary N) is 1. The van der Waals surface area contributed by atoms with E-state index in [2.05, 4.69) is 23.0 Å². The molecule has 0 spiro atoms. The summed E-state index contributed by atoms with van der Waals surface area (Å²) in [4.78, 5) is 19.2. The summed E-state index contributed by atoms with van der Waals surface area (Å²) >= 11 is 6.26. The zero-order valence-corrected chi connectivity index (χ0v) is 18.6. The summed E-state index contributed by atoms with van der Waals surface area (Å²) in [6, 6.07) is 0. The van der Waals surface area contributed by atoms with Crippen LogP contribution in [0, 0.1) is 3.95 Å². The Morgan fingerprint density at radius 2 is 2.07 bits per heavy atom. The summed E-state index contributed by atoms with van der Waals surface area (Å²) in [6.07, 6.45) is 8.09. The first-order chi connectivity index (χ1) is 13.3. The zero-order chi connectivity index (χ0) is 20.9. The van der Waals surface area contributed by atoms with E-state index in [1.807, 2.05) is 0 Å². The van der Waals surface area contributed by atoms with Crippen LogP contribution in [0.4, 0.5) is 5.69 Å². The molecule has 0 bridgehead atoms. The smallest absolute Gasteiger partial charge is 0.211 e. The number of hydrogen-bond donors (Lipinski definition) is 4. The van der Waals surface area contributed by atoms with E-state index in [1.165, 1.54) is 53.7 Å². The Morgan fingerprint density at radius 1 is 1.36 bits per heavy atom. The molecule has 0 fully saturated rings. The number of carbonyl (C=O) groups is 1. The number of aromatic amines is 1. The SMILES string of the molecule is CC(C)(O)c1c[nH]c(=S)s1.CC1CCc2c1nc1c(c2NC=O)CCC1.CN. The van der Waals surface area contributed by atoms with E-state index < -0.39 is 5.60 Å². The van der Waals surface area contributed by atoms with E-state index >= 15 is 0 Å². The zero-order valence-electron chi connectivity index (χ0n) is 17.0. The fourth-order valence-electron chi connectivity index (χ4n) is 3.62. The van der Waals surface area contributed by atoms with Gasteiger partial charge in [-0.15, -0.1) is 11.3 Å². The number of carbonyl (C=O) groups excluding carboxylic acids is 1. The summed E-state index contributed by atoms with van der Waals surface area (Å²) in [5.74, 6) is 0.549. The molecule has 2 aliphatic rings. The van der Waals surface area contributed by atoms with Crippen LogP contribution in [0.2, 0.25) is 0 Å². The number of rotatable bonds is 3. The second-order valence-electron chi connectivity index (χ2n) is 7.43. The molecule has 2 heterocycles. The number of H-pyrrole nitrogens is 1. The van der Waals surface area contributed by atoms with Crippen LogP contribution in [0.5, 0.6) is 0 Å². The summed E-state index contributed by atoms with van der Waals surface area (Å²) in [5, 5.41) is 12.4. The molecule has 28 heavy (non-hydrogen) atoms. The number of amides is 1. The molecule has 1 atom stereocenters. The maximum Gasteiger partial charge on any atom is 0.211 e. The molecule has 0 saturated carbocycles. The van der Waals surface area contributed by atoms with E-state index in [4.69, 9.17) is 17.2 Å². The van der Waals surface area contributed by atoms with Gasteiger partial charge in [0.1, 0.15) is 0 Å². The average molecular weight is 423 g/mol. The molecule has 2 aromatic heterocycles. The van der Waals surface area contributed by atoms with Crippen molar-refractivity contribution in [3.05, 3.63) is 37.5 Å². The molecule has 5 N–H and O–H groups in total. The molecule has 0 aromatic carbocycles. The lowest BCUT2D eigenvalue weighted by Crippen LogP contribution is -2.12. The van der Waals surface area contributed by atoms with Crippen molar-refractivity contribution < 1.29 is 9.90 Å². The van der Waals surface area contributed by atoms with Crippen molar-refractivity contribution >= 4 is 35.7 Å². The number of nitrogens with one attached hydrogen (secondary N) is 2. The van der Waals surface area contributed by atoms with Gasteiger partial charge in [-0.05, 0) is 82.3 Å². The first kappa shape index (κ1) is 22.7. The number of aromatic nitrogens is 2. The van der Waals surface area contributed by atoms with Crippen molar-refractivity contribution in [3.63, 3.8) is 0 Å². The van der Waals surface area contributed by atoms with Gasteiger partial charge in [0.25, 0.3) is 0 Å². The molecular formula is C20H30N4O2S2. The van der Waals surface area contributed by atoms with Crippen LogP contribution >= 0.6 is 23.6 Å². The Labute approximate surface area is 175 Å². The second-order valence-corrected chi connectivity index (χ2v) is 9.15. The van der Waals surface area contributed by atoms with Crippen molar-refractivity contribution in [1.29, 1.82) is 0 Å². The number of nitrogens with zero attached hydrogens (tertiary/aromatic N) is 1. The Hall–Kier alpha value is -1.61. The summed E-state index contributed by atoms with van der Waals surface area (Å²) < 4.78 is 0.706. The number of anilines is 1. The van der Waals surface area contributed by atoms with Gasteiger partial charge in [-0.25, -0.2) is 0 Å². The Balaban J connectivity index is 0.000000202. The average Bonchev–Trinajstić information content (AvgIpc) is 3.38. The quantitative estimate of drug-likeness (QED) is 0.445. The lowest BCUT2D eigenvalue weighted by molar-refractivity contribution is -0.105. The van der Waals surface area contributed by atoms with E-state index in [1.54, 1.807) is 20.0 Å². The Bertz CT molecular complexity index is 868. The van der Waals surface area contributed by atoms with Gasteiger partial charge >= 0.3 is 0 Å². The summed E-state index contributed by atoms with van der Waals surface area (Å²) in [7, 11) is 1.50. The number of thiazole rings is 1. The number of aryl methyl sites for hydroxylation is 1. The molecule has 0 saturated heterocycles. The maximum absolute atomic E-state index is 10.7. The van der Waals surface area contributed by atoms with E-state index in [0.29, 0.717) is 9.87 Å². The van der Waals surface area contributed by atoms with Crippen LogP contribution in [-0.2, 0) is 29.7 Å². The minimum atomic E-state index is -0.766. The third-order valence-corrected chi connectivity index (χ3v) is 6.49. The predicted octanol–water partition coefficient (Wildman–Crippen LogP) is 3.80. The van der Waals surface area contributed by atoms with Crippen LogP contribution in [0.15, 0.2) is 6.20 Å². The van der Waals surface area contributed by atoms with Gasteiger partial charge in [0.15, 0.2) is 3.95 Å². The highest BCUT2D eigenvalue weighted by Gasteiger charge is 2.28. The standard InChI is InChI=1S/C13H16N2O.C6H9NOS2.CH5N/c1-8-5-6-10-12(8)15-11-4-2-3-9(11)13(10)14-7-16;1-6(2,8)4-3-7-5(9)10-4;1-2/h7-8H,2-6H2,1H3,(H,14,15,16);3,8H,1-2H3,(H,7,9);2H2,1H3. The summed E-state index contributed by atoms with van der Waals surface area (Å²) in [6.45, 7) is 5.70. The van der Waals surface area contributed by atoms with Crippen molar-refractivity contribution in [2.45, 2.75) is 64.4 Å². The van der Waals surface area contributed by atoms with E-state index in [9.17, 15) is 9.90 Å². The van der Waals surface area contributed by atoms with Crippen LogP contribution in [0.3, 0.4) is 0 Å². The van der Waals surface area contributed by atoms with Gasteiger partial charge in [-0.2, -0.15) is 0 Å². The highest BCUT2D eigenvalue weighted by Crippen LogP contribution is 2.40. The molecule has 6 nitrogen and oxygen atoms in total. The van der Waals surface area contributed by atoms with Crippen LogP contribution in [-0.4, -0.2) is 28.5 Å². The highest BCUT2D eigenvalue weighted by atomic mass is 32.1. The van der Waals surface area contributed by atoms with Gasteiger partial charge in [0, 0.05) is 17.6 Å². The molecule has 0 aliphatic heterocycles. The number of aliphatic hydroxyl groups is 1. The maximum atomic E-state index is 10.7. The minimum absolute atomic E-state index is 0.549. The minimum Gasteiger partial charge on any atom is -0.385 e. The Kier molecular flexibility index (Phi) is 7.88. The Morgan fingerprint density at radius 3 is 2.61 bits per heavy atom. The molecule has 2 aliphatic carbocycles. The van der Waals surface area contributed by atoms with Gasteiger partial charge in [0.2, 0.25) is 6.41 Å². The molecule has 154 valence electrons. The second kappa shape index (κ2) is 9.73. The molecule has 2 aromatic rings. The molecule has 0 radical (unpaired) electrons. The first-order valence-electron chi connectivity index (χ1n) is 9.55. The van der Waals surface area contributed by atoms with Gasteiger partial charge in [-0.1, -0.05) is 6.92 Å². The largest absolute Gasteiger partial charge is 0.385 e. The lowest BCUT2D eigenvalue weighted by atomic mass is 10.0. The molecule has 1 amide bonds. The fraction of sp³-hybridized carbons (Fsp3) is 0.550. The number of fused-ring (bicyclic) bond motifs is 2. The van der Waals surface area contributed by atoms with Gasteiger partial charge in [-0.3, -0.25) is 9.78 Å². The third-order valence-electron chi connectivity index (χ3n) is 4.98. The van der Waals surface area contributed by atoms with Crippen LogP contribution in [0.25, 0.3) is 0 Å². The van der Waals surface area contributed by atoms with E-state index in [-0.39, 0.29) is 0 Å². The van der Waals surface area contributed by atoms with E-state index in [0.717, 1.165) is 36.2 Å². The van der Waals surface area contributed by atoms with Crippen LogP contribution in [0.1, 0.15) is 66.9 Å². The first-order valence-corrected chi connectivity index (χ1v) is 10.8. The fourth-order valence-corrected chi connectivity index (χ4v) is 4.63. The molecule has 4 rings (SSSR count). The topological polar surface area (TPSA) is 104 Å². The molecule has 8 heteroatoms. The molecule has 1 unspecified atom stereocenters. The monoisotopic (exact) mass is 422 g/mol. The number of pyridine rings is 1. The molecular weight excluding hydrogens is 392 g/mol. The highest BCUT2D eigenvalue weighted by molar-refractivity contribution is 7.73. The summed E-state index contributed by atoms with van der Waals surface area (Å²) in [5.41, 5.74) is 9.84. The van der Waals surface area contributed by atoms with Crippen molar-refractivity contribution in [3.8, 4) is 0 Å². The normalized spacial score (nSPS) is 16.9. The van der Waals surface area contributed by atoms with Crippen LogP contribution < -0.4 is 11.1 Å². The van der Waals surface area contributed by atoms with Crippen molar-refractivity contribution in [2.24, 2.45) is 5.73 Å². The van der Waals surface area contributed by atoms with Gasteiger partial charge < -0.3 is 21.1 Å². The lowest BCUT2D eigenvalue weighted by Gasteiger charge is -2.13. The van der Waals surface area contributed by atoms with Crippen molar-refractivity contribution in [1.82, 2.24) is 9.97 Å². The van der Waals surface area contributed by atoms with Crippen molar-refractivity contribution in [2.75, 3.05) is 12.4 Å². The number of hydrogen-bond acceptors (Lipinski definition) is 6. The third kappa shape index (κ3) is 5.05. The predicted molar refractivity (Wildman–Crippen MR) is 118 cm³/mol. The van der Waals surface area contributed by atoms with Gasteiger partial charge in [0.05, 0.1) is 16.2 Å².